The minimum atomic E-state index is -0.464. The van der Waals surface area contributed by atoms with Gasteiger partial charge in [-0.05, 0) is 70.9 Å². The molecule has 2 heterocycles. The van der Waals surface area contributed by atoms with Crippen molar-refractivity contribution in [2.45, 2.75) is 13.5 Å². The lowest BCUT2D eigenvalue weighted by molar-refractivity contribution is -0.384. The maximum Gasteiger partial charge on any atom is 0.282 e. The maximum atomic E-state index is 13.7. The maximum absolute atomic E-state index is 13.7. The molecule has 0 radical (unpaired) electrons. The number of hydrogen-bond acceptors (Lipinski definition) is 8. The average Bonchev–Trinajstić information content (AvgIpc) is 3.47. The van der Waals surface area contributed by atoms with Crippen LogP contribution >= 0.6 is 27.5 Å². The molecule has 44 heavy (non-hydrogen) atoms. The van der Waals surface area contributed by atoms with Gasteiger partial charge < -0.3 is 13.9 Å². The fourth-order valence-electron chi connectivity index (χ4n) is 4.57. The first-order valence-electron chi connectivity index (χ1n) is 13.4. The van der Waals surface area contributed by atoms with E-state index in [1.165, 1.54) is 23.0 Å². The molecule has 0 bridgehead atoms. The SMILES string of the molecule is CCOc1cc(C=Nn2c(-c3cc4ccccc4o3)nc3ccccc3c2=O)c(Br)c(Cl)c1OCc1ccc([N+](=O)[O-])cc1. The van der Waals surface area contributed by atoms with Gasteiger partial charge in [0.1, 0.15) is 17.2 Å². The molecule has 6 rings (SSSR count). The number of halogens is 2. The summed E-state index contributed by atoms with van der Waals surface area (Å²) in [5, 5.41) is 17.0. The van der Waals surface area contributed by atoms with E-state index in [4.69, 9.17) is 30.5 Å². The van der Waals surface area contributed by atoms with Crippen molar-refractivity contribution in [1.29, 1.82) is 0 Å². The number of furan rings is 1. The van der Waals surface area contributed by atoms with Crippen LogP contribution in [0.15, 0.2) is 104 Å². The van der Waals surface area contributed by atoms with Crippen molar-refractivity contribution < 1.29 is 18.8 Å². The van der Waals surface area contributed by atoms with Crippen molar-refractivity contribution in [3.05, 3.63) is 126 Å². The van der Waals surface area contributed by atoms with Gasteiger partial charge in [-0.2, -0.15) is 9.78 Å². The number of hydrogen-bond donors (Lipinski definition) is 0. The molecule has 0 saturated heterocycles. The number of para-hydroxylation sites is 2. The molecule has 0 atom stereocenters. The summed E-state index contributed by atoms with van der Waals surface area (Å²) in [5.41, 5.74) is 1.99. The predicted molar refractivity (Wildman–Crippen MR) is 172 cm³/mol. The zero-order valence-electron chi connectivity index (χ0n) is 23.1. The second-order valence-corrected chi connectivity index (χ2v) is 10.7. The molecule has 0 aliphatic carbocycles. The zero-order valence-corrected chi connectivity index (χ0v) is 25.4. The standard InChI is InChI=1S/C32H22BrClN4O6/c1-2-42-26-16-21(28(33)29(34)30(26)43-18-19-11-13-22(14-12-19)38(40)41)17-35-37-31(27-15-20-7-3-6-10-25(20)44-27)36-24-9-5-4-8-23(24)32(37)39/h3-17H,2,18H2,1H3. The monoisotopic (exact) mass is 672 g/mol. The normalized spacial score (nSPS) is 11.4. The summed E-state index contributed by atoms with van der Waals surface area (Å²) in [6, 6.07) is 24.1. The van der Waals surface area contributed by atoms with Crippen LogP contribution in [0.5, 0.6) is 11.5 Å². The van der Waals surface area contributed by atoms with E-state index in [-0.39, 0.29) is 34.5 Å². The van der Waals surface area contributed by atoms with Gasteiger partial charge in [-0.25, -0.2) is 4.98 Å². The first kappa shape index (κ1) is 29.1. The zero-order chi connectivity index (χ0) is 30.8. The van der Waals surface area contributed by atoms with E-state index in [9.17, 15) is 14.9 Å². The summed E-state index contributed by atoms with van der Waals surface area (Å²) >= 11 is 10.3. The van der Waals surface area contributed by atoms with Gasteiger partial charge >= 0.3 is 0 Å². The smallest absolute Gasteiger partial charge is 0.282 e. The molecule has 0 saturated carbocycles. The van der Waals surface area contributed by atoms with Crippen LogP contribution < -0.4 is 15.0 Å². The molecule has 0 N–H and O–H groups in total. The number of benzene rings is 4. The predicted octanol–water partition coefficient (Wildman–Crippen LogP) is 7.99. The van der Waals surface area contributed by atoms with Crippen molar-refractivity contribution in [3.8, 4) is 23.1 Å². The van der Waals surface area contributed by atoms with E-state index in [0.717, 1.165) is 5.39 Å². The number of ether oxygens (including phenoxy) is 2. The van der Waals surface area contributed by atoms with Crippen molar-refractivity contribution in [1.82, 2.24) is 9.66 Å². The number of non-ortho nitro benzene ring substituents is 1. The largest absolute Gasteiger partial charge is 0.490 e. The average molecular weight is 674 g/mol. The quantitative estimate of drug-likeness (QED) is 0.0866. The summed E-state index contributed by atoms with van der Waals surface area (Å²) in [4.78, 5) is 28.9. The summed E-state index contributed by atoms with van der Waals surface area (Å²) in [7, 11) is 0. The number of aromatic nitrogens is 2. The molecule has 220 valence electrons. The summed E-state index contributed by atoms with van der Waals surface area (Å²) in [6.07, 6.45) is 1.47. The number of nitro benzene ring substituents is 1. The van der Waals surface area contributed by atoms with Crippen LogP contribution in [-0.2, 0) is 6.61 Å². The minimum Gasteiger partial charge on any atom is -0.490 e. The Bertz CT molecular complexity index is 2090. The number of nitro groups is 1. The molecule has 12 heteroatoms. The van der Waals surface area contributed by atoms with Gasteiger partial charge in [0.05, 0.1) is 28.6 Å². The highest BCUT2D eigenvalue weighted by atomic mass is 79.9. The van der Waals surface area contributed by atoms with Crippen molar-refractivity contribution in [2.75, 3.05) is 6.61 Å². The van der Waals surface area contributed by atoms with Gasteiger partial charge in [0.25, 0.3) is 11.2 Å². The molecule has 0 aliphatic rings. The minimum absolute atomic E-state index is 0.0163. The molecule has 0 aliphatic heterocycles. The third kappa shape index (κ3) is 5.67. The van der Waals surface area contributed by atoms with Crippen LogP contribution in [0.4, 0.5) is 5.69 Å². The van der Waals surface area contributed by atoms with E-state index >= 15 is 0 Å². The Balaban J connectivity index is 1.39. The van der Waals surface area contributed by atoms with E-state index in [0.29, 0.717) is 50.2 Å². The van der Waals surface area contributed by atoms with E-state index < -0.39 is 4.92 Å². The highest BCUT2D eigenvalue weighted by Crippen LogP contribution is 2.43. The molecule has 2 aromatic heterocycles. The fourth-order valence-corrected chi connectivity index (χ4v) is 5.22. The Morgan fingerprint density at radius 2 is 1.82 bits per heavy atom. The number of fused-ring (bicyclic) bond motifs is 2. The summed E-state index contributed by atoms with van der Waals surface area (Å²) < 4.78 is 19.5. The van der Waals surface area contributed by atoms with Gasteiger partial charge in [-0.15, -0.1) is 0 Å². The highest BCUT2D eigenvalue weighted by Gasteiger charge is 2.20. The van der Waals surface area contributed by atoms with Crippen LogP contribution in [-0.4, -0.2) is 27.4 Å². The molecule has 0 spiro atoms. The molecule has 4 aromatic carbocycles. The van der Waals surface area contributed by atoms with Crippen LogP contribution in [0.25, 0.3) is 33.5 Å². The van der Waals surface area contributed by atoms with E-state index in [2.05, 4.69) is 21.0 Å². The Kier molecular flexibility index (Phi) is 8.14. The molecular formula is C32H22BrClN4O6. The van der Waals surface area contributed by atoms with Crippen LogP contribution in [0.2, 0.25) is 5.02 Å². The van der Waals surface area contributed by atoms with Crippen LogP contribution in [0.3, 0.4) is 0 Å². The lowest BCUT2D eigenvalue weighted by Crippen LogP contribution is -2.20. The van der Waals surface area contributed by atoms with Crippen LogP contribution in [0, 0.1) is 10.1 Å². The Labute approximate surface area is 263 Å². The van der Waals surface area contributed by atoms with Gasteiger partial charge in [-0.3, -0.25) is 14.9 Å². The van der Waals surface area contributed by atoms with Crippen molar-refractivity contribution in [2.24, 2.45) is 5.10 Å². The van der Waals surface area contributed by atoms with Gasteiger partial charge in [0, 0.05) is 27.6 Å². The molecule has 0 unspecified atom stereocenters. The topological polar surface area (TPSA) is 122 Å². The van der Waals surface area contributed by atoms with E-state index in [1.54, 1.807) is 36.4 Å². The molecular weight excluding hydrogens is 652 g/mol. The first-order chi connectivity index (χ1) is 21.3. The van der Waals surface area contributed by atoms with Crippen molar-refractivity contribution in [3.63, 3.8) is 0 Å². The Morgan fingerprint density at radius 3 is 2.57 bits per heavy atom. The first-order valence-corrected chi connectivity index (χ1v) is 14.6. The third-order valence-electron chi connectivity index (χ3n) is 6.70. The molecule has 6 aromatic rings. The highest BCUT2D eigenvalue weighted by molar-refractivity contribution is 9.10. The molecule has 0 fully saturated rings. The Morgan fingerprint density at radius 1 is 1.07 bits per heavy atom. The van der Waals surface area contributed by atoms with E-state index in [1.807, 2.05) is 43.3 Å². The van der Waals surface area contributed by atoms with Crippen LogP contribution in [0.1, 0.15) is 18.1 Å². The lowest BCUT2D eigenvalue weighted by atomic mass is 10.2. The number of rotatable bonds is 9. The van der Waals surface area contributed by atoms with Gasteiger partial charge in [-0.1, -0.05) is 41.9 Å². The summed E-state index contributed by atoms with van der Waals surface area (Å²) in [6.45, 7) is 2.24. The summed E-state index contributed by atoms with van der Waals surface area (Å²) in [5.74, 6) is 1.25. The second kappa shape index (κ2) is 12.3. The Hall–Kier alpha value is -5.00. The van der Waals surface area contributed by atoms with Gasteiger partial charge in [0.15, 0.2) is 17.3 Å². The van der Waals surface area contributed by atoms with Crippen molar-refractivity contribution >= 4 is 61.3 Å². The molecule has 0 amide bonds. The molecule has 10 nitrogen and oxygen atoms in total. The lowest BCUT2D eigenvalue weighted by Gasteiger charge is -2.16. The third-order valence-corrected chi connectivity index (χ3v) is 8.14. The second-order valence-electron chi connectivity index (χ2n) is 9.53. The van der Waals surface area contributed by atoms with Gasteiger partial charge in [0.2, 0.25) is 5.82 Å². The number of nitrogens with zero attached hydrogens (tertiary/aromatic N) is 4. The fraction of sp³-hybridized carbons (Fsp3) is 0.0938.